The Labute approximate surface area is 256 Å². The highest BCUT2D eigenvalue weighted by atomic mass is 15.1. The first kappa shape index (κ1) is 25.7. The van der Waals surface area contributed by atoms with E-state index in [4.69, 9.17) is 0 Å². The van der Waals surface area contributed by atoms with E-state index in [0.717, 1.165) is 39.7 Å². The Hall–Kier alpha value is -6.00. The molecule has 0 bridgehead atoms. The Morgan fingerprint density at radius 2 is 0.955 bits per heavy atom. The number of hydrogen-bond acceptors (Lipinski definition) is 3. The molecule has 4 heteroatoms. The molecule has 0 aliphatic heterocycles. The topological polar surface area (TPSA) is 34.0 Å². The zero-order chi connectivity index (χ0) is 29.3. The highest BCUT2D eigenvalue weighted by Crippen LogP contribution is 2.39. The van der Waals surface area contributed by atoms with Crippen LogP contribution >= 0.6 is 0 Å². The van der Waals surface area contributed by atoms with E-state index in [1.807, 2.05) is 6.07 Å². The fourth-order valence-corrected chi connectivity index (χ4v) is 6.04. The van der Waals surface area contributed by atoms with E-state index in [-0.39, 0.29) is 0 Å². The minimum absolute atomic E-state index is 0.736. The van der Waals surface area contributed by atoms with Crippen LogP contribution in [0, 0.1) is 0 Å². The van der Waals surface area contributed by atoms with Gasteiger partial charge in [0.2, 0.25) is 0 Å². The first-order valence-electron chi connectivity index (χ1n) is 14.8. The molecular formula is C40H28N4. The third-order valence-electron chi connectivity index (χ3n) is 8.11. The van der Waals surface area contributed by atoms with Gasteiger partial charge in [-0.3, -0.25) is 0 Å². The van der Waals surface area contributed by atoms with Crippen molar-refractivity contribution in [2.24, 2.45) is 0 Å². The fourth-order valence-electron chi connectivity index (χ4n) is 6.04. The number of fused-ring (bicyclic) bond motifs is 3. The molecule has 6 aromatic carbocycles. The summed E-state index contributed by atoms with van der Waals surface area (Å²) in [6, 6.07) is 55.7. The molecule has 0 saturated heterocycles. The lowest BCUT2D eigenvalue weighted by Gasteiger charge is -2.25. The third-order valence-corrected chi connectivity index (χ3v) is 8.11. The van der Waals surface area contributed by atoms with Crippen molar-refractivity contribution in [3.63, 3.8) is 0 Å². The lowest BCUT2D eigenvalue weighted by molar-refractivity contribution is 1.18. The normalized spacial score (nSPS) is 11.2. The minimum atomic E-state index is 0.736. The number of para-hydroxylation sites is 3. The molecule has 2 heterocycles. The van der Waals surface area contributed by atoms with Crippen molar-refractivity contribution in [3.05, 3.63) is 170 Å². The van der Waals surface area contributed by atoms with Gasteiger partial charge in [0, 0.05) is 51.5 Å². The summed E-state index contributed by atoms with van der Waals surface area (Å²) in [6.07, 6.45) is 3.54. The summed E-state index contributed by atoms with van der Waals surface area (Å²) in [5.41, 5.74) is 10.2. The summed E-state index contributed by atoms with van der Waals surface area (Å²) >= 11 is 0. The minimum Gasteiger partial charge on any atom is -0.310 e. The predicted octanol–water partition coefficient (Wildman–Crippen LogP) is 10.4. The molecule has 0 saturated carbocycles. The van der Waals surface area contributed by atoms with Crippen LogP contribution in [0.25, 0.3) is 50.0 Å². The monoisotopic (exact) mass is 564 g/mol. The largest absolute Gasteiger partial charge is 0.310 e. The van der Waals surface area contributed by atoms with Gasteiger partial charge in [0.25, 0.3) is 0 Å². The van der Waals surface area contributed by atoms with Crippen molar-refractivity contribution in [2.45, 2.75) is 0 Å². The molecule has 0 fully saturated rings. The SMILES string of the molecule is c1ccc(N(c2ccccc2)c2ccc3c(c2)c2ccccc2n3-c2ccc(-c3ccc(-c4ncccn4)cc3)cc2)cc1. The van der Waals surface area contributed by atoms with Crippen LogP contribution in [0.3, 0.4) is 0 Å². The lowest BCUT2D eigenvalue weighted by atomic mass is 10.0. The number of benzene rings is 6. The number of aromatic nitrogens is 3. The average Bonchev–Trinajstić information content (AvgIpc) is 3.44. The zero-order valence-electron chi connectivity index (χ0n) is 24.0. The van der Waals surface area contributed by atoms with Gasteiger partial charge in [-0.15, -0.1) is 0 Å². The van der Waals surface area contributed by atoms with Crippen LogP contribution in [0.15, 0.2) is 170 Å². The molecule has 208 valence electrons. The van der Waals surface area contributed by atoms with Gasteiger partial charge in [-0.1, -0.05) is 91.0 Å². The standard InChI is InChI=1S/C40H28N4/c1-3-10-32(11-4-1)43(33-12-5-2-6-13-33)35-24-25-39-37(28-35)36-14-7-8-15-38(36)44(39)34-22-20-30(21-23-34)29-16-18-31(19-17-29)40-41-26-9-27-42-40/h1-28H. The van der Waals surface area contributed by atoms with Crippen LogP contribution in [0.4, 0.5) is 17.1 Å². The lowest BCUT2D eigenvalue weighted by Crippen LogP contribution is -2.09. The van der Waals surface area contributed by atoms with Gasteiger partial charge in [-0.05, 0) is 77.9 Å². The second kappa shape index (κ2) is 11.0. The fraction of sp³-hybridized carbons (Fsp3) is 0. The molecule has 0 spiro atoms. The number of nitrogens with zero attached hydrogens (tertiary/aromatic N) is 4. The van der Waals surface area contributed by atoms with E-state index in [1.54, 1.807) is 12.4 Å². The first-order chi connectivity index (χ1) is 21.8. The van der Waals surface area contributed by atoms with E-state index >= 15 is 0 Å². The molecule has 0 radical (unpaired) electrons. The quantitative estimate of drug-likeness (QED) is 0.201. The molecule has 0 amide bonds. The smallest absolute Gasteiger partial charge is 0.159 e. The molecular weight excluding hydrogens is 536 g/mol. The summed E-state index contributed by atoms with van der Waals surface area (Å²) < 4.78 is 2.36. The molecule has 0 aliphatic rings. The van der Waals surface area contributed by atoms with E-state index in [2.05, 4.69) is 171 Å². The Bertz CT molecular complexity index is 2150. The van der Waals surface area contributed by atoms with Crippen LogP contribution in [0.1, 0.15) is 0 Å². The Balaban J connectivity index is 1.20. The van der Waals surface area contributed by atoms with E-state index < -0.39 is 0 Å². The van der Waals surface area contributed by atoms with E-state index in [0.29, 0.717) is 0 Å². The summed E-state index contributed by atoms with van der Waals surface area (Å²) in [7, 11) is 0. The Morgan fingerprint density at radius 3 is 1.61 bits per heavy atom. The van der Waals surface area contributed by atoms with Crippen molar-refractivity contribution in [2.75, 3.05) is 4.90 Å². The van der Waals surface area contributed by atoms with Crippen LogP contribution in [-0.2, 0) is 0 Å². The molecule has 0 aliphatic carbocycles. The molecule has 0 unspecified atom stereocenters. The van der Waals surface area contributed by atoms with Gasteiger partial charge in [-0.25, -0.2) is 9.97 Å². The Morgan fingerprint density at radius 1 is 0.409 bits per heavy atom. The van der Waals surface area contributed by atoms with Crippen molar-refractivity contribution >= 4 is 38.9 Å². The van der Waals surface area contributed by atoms with Crippen molar-refractivity contribution < 1.29 is 0 Å². The van der Waals surface area contributed by atoms with Gasteiger partial charge >= 0.3 is 0 Å². The summed E-state index contributed by atoms with van der Waals surface area (Å²) in [5, 5.41) is 2.45. The molecule has 8 aromatic rings. The maximum Gasteiger partial charge on any atom is 0.159 e. The number of rotatable bonds is 6. The van der Waals surface area contributed by atoms with Gasteiger partial charge in [0.05, 0.1) is 11.0 Å². The summed E-state index contributed by atoms with van der Waals surface area (Å²) in [6.45, 7) is 0. The molecule has 0 N–H and O–H groups in total. The molecule has 4 nitrogen and oxygen atoms in total. The number of hydrogen-bond donors (Lipinski definition) is 0. The summed E-state index contributed by atoms with van der Waals surface area (Å²) in [5.74, 6) is 0.736. The molecule has 8 rings (SSSR count). The van der Waals surface area contributed by atoms with Crippen molar-refractivity contribution in [3.8, 4) is 28.2 Å². The average molecular weight is 565 g/mol. The van der Waals surface area contributed by atoms with Crippen molar-refractivity contribution in [1.82, 2.24) is 14.5 Å². The maximum absolute atomic E-state index is 4.37. The number of anilines is 3. The van der Waals surface area contributed by atoms with E-state index in [9.17, 15) is 0 Å². The summed E-state index contributed by atoms with van der Waals surface area (Å²) in [4.78, 5) is 11.1. The van der Waals surface area contributed by atoms with Gasteiger partial charge < -0.3 is 9.47 Å². The first-order valence-corrected chi connectivity index (χ1v) is 14.8. The van der Waals surface area contributed by atoms with Crippen LogP contribution < -0.4 is 4.90 Å². The highest BCUT2D eigenvalue weighted by molar-refractivity contribution is 6.10. The molecule has 44 heavy (non-hydrogen) atoms. The van der Waals surface area contributed by atoms with Crippen LogP contribution in [-0.4, -0.2) is 14.5 Å². The van der Waals surface area contributed by atoms with E-state index in [1.165, 1.54) is 27.4 Å². The van der Waals surface area contributed by atoms with Crippen LogP contribution in [0.2, 0.25) is 0 Å². The highest BCUT2D eigenvalue weighted by Gasteiger charge is 2.17. The predicted molar refractivity (Wildman–Crippen MR) is 182 cm³/mol. The molecule has 2 aromatic heterocycles. The van der Waals surface area contributed by atoms with Crippen LogP contribution in [0.5, 0.6) is 0 Å². The second-order valence-electron chi connectivity index (χ2n) is 10.8. The molecule has 0 atom stereocenters. The van der Waals surface area contributed by atoms with Gasteiger partial charge in [-0.2, -0.15) is 0 Å². The van der Waals surface area contributed by atoms with Gasteiger partial charge in [0.1, 0.15) is 0 Å². The second-order valence-corrected chi connectivity index (χ2v) is 10.8. The maximum atomic E-state index is 4.37. The Kier molecular flexibility index (Phi) is 6.43. The third kappa shape index (κ3) is 4.59. The zero-order valence-corrected chi connectivity index (χ0v) is 24.0. The van der Waals surface area contributed by atoms with Gasteiger partial charge in [0.15, 0.2) is 5.82 Å². The van der Waals surface area contributed by atoms with Crippen molar-refractivity contribution in [1.29, 1.82) is 0 Å².